The van der Waals surface area contributed by atoms with Crippen LogP contribution in [0, 0.1) is 0 Å². The van der Waals surface area contributed by atoms with E-state index in [1.807, 2.05) is 12.3 Å². The van der Waals surface area contributed by atoms with Crippen molar-refractivity contribution < 1.29 is 0 Å². The fraction of sp³-hybridized carbons (Fsp3) is 0.526. The van der Waals surface area contributed by atoms with Crippen LogP contribution in [-0.2, 0) is 6.54 Å². The molecule has 2 aromatic rings. The minimum Gasteiger partial charge on any atom is -0.363 e. The minimum absolute atomic E-state index is 0.532. The molecule has 0 aromatic carbocycles. The highest BCUT2D eigenvalue weighted by Gasteiger charge is 2.27. The van der Waals surface area contributed by atoms with Gasteiger partial charge in [0, 0.05) is 31.7 Å². The molecule has 4 nitrogen and oxygen atoms in total. The van der Waals surface area contributed by atoms with Crippen LogP contribution in [-0.4, -0.2) is 41.6 Å². The van der Waals surface area contributed by atoms with Crippen molar-refractivity contribution in [2.75, 3.05) is 24.5 Å². The summed E-state index contributed by atoms with van der Waals surface area (Å²) in [7, 11) is 0. The maximum Gasteiger partial charge on any atom is 0.129 e. The first-order valence-corrected chi connectivity index (χ1v) is 10.3. The number of pyridine rings is 1. The molecule has 1 aliphatic heterocycles. The van der Waals surface area contributed by atoms with E-state index < -0.39 is 0 Å². The Morgan fingerprint density at radius 3 is 2.76 bits per heavy atom. The maximum absolute atomic E-state index is 5.98. The van der Waals surface area contributed by atoms with Crippen LogP contribution < -0.4 is 10.6 Å². The molecule has 136 valence electrons. The van der Waals surface area contributed by atoms with Crippen molar-refractivity contribution >= 4 is 28.6 Å². The van der Waals surface area contributed by atoms with Crippen LogP contribution in [0.1, 0.15) is 31.7 Å². The Morgan fingerprint density at radius 1 is 1.36 bits per heavy atom. The van der Waals surface area contributed by atoms with Gasteiger partial charge in [-0.1, -0.05) is 11.6 Å². The van der Waals surface area contributed by atoms with Gasteiger partial charge in [0.15, 0.2) is 0 Å². The molecule has 25 heavy (non-hydrogen) atoms. The van der Waals surface area contributed by atoms with Crippen LogP contribution in [0.4, 0.5) is 5.69 Å². The summed E-state index contributed by atoms with van der Waals surface area (Å²) in [5, 5.41) is 4.92. The highest BCUT2D eigenvalue weighted by Crippen LogP contribution is 2.27. The third-order valence-corrected chi connectivity index (χ3v) is 6.08. The van der Waals surface area contributed by atoms with E-state index in [2.05, 4.69) is 44.6 Å². The van der Waals surface area contributed by atoms with Gasteiger partial charge in [-0.05, 0) is 67.3 Å². The summed E-state index contributed by atoms with van der Waals surface area (Å²) in [5.41, 5.74) is 8.24. The van der Waals surface area contributed by atoms with Crippen LogP contribution in [0.25, 0.3) is 0 Å². The third-order valence-electron chi connectivity index (χ3n) is 5.12. The highest BCUT2D eigenvalue weighted by molar-refractivity contribution is 7.07. The zero-order valence-corrected chi connectivity index (χ0v) is 16.3. The summed E-state index contributed by atoms with van der Waals surface area (Å²) in [4.78, 5) is 9.37. The van der Waals surface area contributed by atoms with Gasteiger partial charge in [0.1, 0.15) is 5.15 Å². The van der Waals surface area contributed by atoms with Crippen molar-refractivity contribution in [1.82, 2.24) is 9.88 Å². The Kier molecular flexibility index (Phi) is 6.70. The van der Waals surface area contributed by atoms with Gasteiger partial charge in [-0.15, -0.1) is 0 Å². The lowest BCUT2D eigenvalue weighted by Gasteiger charge is -2.41. The van der Waals surface area contributed by atoms with E-state index in [0.29, 0.717) is 17.2 Å². The number of anilines is 1. The molecule has 3 heterocycles. The van der Waals surface area contributed by atoms with Crippen molar-refractivity contribution in [3.8, 4) is 0 Å². The van der Waals surface area contributed by atoms with Crippen molar-refractivity contribution in [2.24, 2.45) is 5.73 Å². The summed E-state index contributed by atoms with van der Waals surface area (Å²) in [6.07, 6.45) is 5.31. The Balaban J connectivity index is 1.70. The number of rotatable bonds is 7. The number of nitrogens with two attached hydrogens (primary N) is 1. The zero-order chi connectivity index (χ0) is 17.6. The van der Waals surface area contributed by atoms with Gasteiger partial charge in [0.05, 0.1) is 11.9 Å². The van der Waals surface area contributed by atoms with Gasteiger partial charge >= 0.3 is 0 Å². The lowest BCUT2D eigenvalue weighted by molar-refractivity contribution is 0.154. The Labute approximate surface area is 159 Å². The van der Waals surface area contributed by atoms with Gasteiger partial charge in [-0.25, -0.2) is 4.98 Å². The van der Waals surface area contributed by atoms with Crippen LogP contribution in [0.5, 0.6) is 0 Å². The van der Waals surface area contributed by atoms with Crippen molar-refractivity contribution in [3.63, 3.8) is 0 Å². The van der Waals surface area contributed by atoms with E-state index in [1.165, 1.54) is 18.4 Å². The highest BCUT2D eigenvalue weighted by atomic mass is 35.5. The number of likely N-dealkylation sites (tertiary alicyclic amines) is 1. The van der Waals surface area contributed by atoms with Crippen LogP contribution in [0.2, 0.25) is 5.15 Å². The molecule has 0 saturated carbocycles. The lowest BCUT2D eigenvalue weighted by atomic mass is 10.00. The molecule has 0 spiro atoms. The number of thiophene rings is 1. The molecule has 0 aliphatic carbocycles. The van der Waals surface area contributed by atoms with E-state index in [1.54, 1.807) is 11.3 Å². The lowest BCUT2D eigenvalue weighted by Crippen LogP contribution is -2.47. The molecule has 6 heteroatoms. The van der Waals surface area contributed by atoms with Gasteiger partial charge < -0.3 is 15.5 Å². The molecule has 0 radical (unpaired) electrons. The minimum atomic E-state index is 0.532. The predicted octanol–water partition coefficient (Wildman–Crippen LogP) is 4.00. The molecular weight excluding hydrogens is 352 g/mol. The van der Waals surface area contributed by atoms with E-state index >= 15 is 0 Å². The third kappa shape index (κ3) is 4.94. The molecule has 1 fully saturated rings. The van der Waals surface area contributed by atoms with Gasteiger partial charge in [0.2, 0.25) is 0 Å². The number of hydrogen-bond acceptors (Lipinski definition) is 5. The standard InChI is InChI=1S/C19H27ClN4S/c1-15(4-8-21)23-9-5-17(6-10-23)24(13-16-7-11-25-14-16)18-2-3-19(20)22-12-18/h2-3,7,11-12,14-15,17H,4-6,8-10,13,21H2,1H3. The molecule has 2 N–H and O–H groups in total. The zero-order valence-electron chi connectivity index (χ0n) is 14.8. The van der Waals surface area contributed by atoms with Gasteiger partial charge in [0.25, 0.3) is 0 Å². The first-order valence-electron chi connectivity index (χ1n) is 9.00. The molecule has 1 atom stereocenters. The summed E-state index contributed by atoms with van der Waals surface area (Å²) in [5.74, 6) is 0. The number of nitrogens with zero attached hydrogens (tertiary/aromatic N) is 3. The Hall–Kier alpha value is -1.14. The summed E-state index contributed by atoms with van der Waals surface area (Å²) < 4.78 is 0. The summed E-state index contributed by atoms with van der Waals surface area (Å²) >= 11 is 7.74. The quantitative estimate of drug-likeness (QED) is 0.739. The Bertz CT molecular complexity index is 623. The molecule has 0 bridgehead atoms. The normalized spacial score (nSPS) is 17.6. The largest absolute Gasteiger partial charge is 0.363 e. The Morgan fingerprint density at radius 2 is 2.16 bits per heavy atom. The summed E-state index contributed by atoms with van der Waals surface area (Å²) in [6.45, 7) is 6.25. The van der Waals surface area contributed by atoms with Crippen LogP contribution in [0.3, 0.4) is 0 Å². The van der Waals surface area contributed by atoms with E-state index in [4.69, 9.17) is 17.3 Å². The second-order valence-electron chi connectivity index (χ2n) is 6.79. The fourth-order valence-electron chi connectivity index (χ4n) is 3.61. The van der Waals surface area contributed by atoms with Crippen molar-refractivity contribution in [3.05, 3.63) is 45.9 Å². The maximum atomic E-state index is 5.98. The van der Waals surface area contributed by atoms with E-state index in [-0.39, 0.29) is 0 Å². The second kappa shape index (κ2) is 8.99. The van der Waals surface area contributed by atoms with E-state index in [0.717, 1.165) is 38.3 Å². The second-order valence-corrected chi connectivity index (χ2v) is 7.96. The number of piperidine rings is 1. The molecular formula is C19H27ClN4S. The first kappa shape index (κ1) is 18.6. The monoisotopic (exact) mass is 378 g/mol. The summed E-state index contributed by atoms with van der Waals surface area (Å²) in [6, 6.07) is 7.29. The van der Waals surface area contributed by atoms with Crippen LogP contribution in [0.15, 0.2) is 35.2 Å². The van der Waals surface area contributed by atoms with E-state index in [9.17, 15) is 0 Å². The number of aromatic nitrogens is 1. The molecule has 2 aromatic heterocycles. The topological polar surface area (TPSA) is 45.4 Å². The smallest absolute Gasteiger partial charge is 0.129 e. The fourth-order valence-corrected chi connectivity index (χ4v) is 4.38. The SMILES string of the molecule is CC(CCN)N1CCC(N(Cc2ccsc2)c2ccc(Cl)nc2)CC1. The molecule has 1 saturated heterocycles. The van der Waals surface area contributed by atoms with Gasteiger partial charge in [-0.3, -0.25) is 0 Å². The molecule has 0 amide bonds. The first-order chi connectivity index (χ1) is 12.2. The molecule has 1 aliphatic rings. The van der Waals surface area contributed by atoms with Crippen LogP contribution >= 0.6 is 22.9 Å². The van der Waals surface area contributed by atoms with Crippen molar-refractivity contribution in [1.29, 1.82) is 0 Å². The number of halogens is 1. The molecule has 3 rings (SSSR count). The number of hydrogen-bond donors (Lipinski definition) is 1. The predicted molar refractivity (Wildman–Crippen MR) is 107 cm³/mol. The van der Waals surface area contributed by atoms with Gasteiger partial charge in [-0.2, -0.15) is 11.3 Å². The average Bonchev–Trinajstić information content (AvgIpc) is 3.14. The van der Waals surface area contributed by atoms with Crippen molar-refractivity contribution in [2.45, 2.75) is 44.8 Å². The average molecular weight is 379 g/mol. The molecule has 1 unspecified atom stereocenters.